The molecule has 0 aliphatic rings. The number of hydrogen-bond acceptors (Lipinski definition) is 7. The van der Waals surface area contributed by atoms with E-state index in [1.165, 1.54) is 12.1 Å². The highest BCUT2D eigenvalue weighted by molar-refractivity contribution is 7.86. The third-order valence-corrected chi connectivity index (χ3v) is 4.37. The van der Waals surface area contributed by atoms with E-state index >= 15 is 0 Å². The molecule has 1 aromatic carbocycles. The van der Waals surface area contributed by atoms with Crippen LogP contribution in [-0.2, 0) is 33.4 Å². The van der Waals surface area contributed by atoms with Crippen LogP contribution in [0.1, 0.15) is 18.9 Å². The quantitative estimate of drug-likeness (QED) is 0.571. The molecule has 0 heterocycles. The minimum absolute atomic E-state index is 0.127. The van der Waals surface area contributed by atoms with Gasteiger partial charge in [0.05, 0.1) is 25.5 Å². The Morgan fingerprint density at radius 3 is 2.09 bits per heavy atom. The lowest BCUT2D eigenvalue weighted by Gasteiger charge is -2.25. The van der Waals surface area contributed by atoms with Crippen LogP contribution in [0, 0.1) is 6.92 Å². The number of benzene rings is 1. The second-order valence-electron chi connectivity index (χ2n) is 4.83. The summed E-state index contributed by atoms with van der Waals surface area (Å²) in [4.78, 5) is 23.1. The molecule has 8 heteroatoms. The number of carbonyl (C=O) groups is 2. The van der Waals surface area contributed by atoms with Gasteiger partial charge in [0.2, 0.25) is 0 Å². The highest BCUT2D eigenvalue weighted by Gasteiger charge is 2.43. The summed E-state index contributed by atoms with van der Waals surface area (Å²) < 4.78 is 38.5. The Labute approximate surface area is 129 Å². The van der Waals surface area contributed by atoms with Crippen molar-refractivity contribution in [2.24, 2.45) is 0 Å². The van der Waals surface area contributed by atoms with Crippen molar-refractivity contribution in [1.29, 1.82) is 0 Å². The Morgan fingerprint density at radius 1 is 1.09 bits per heavy atom. The van der Waals surface area contributed by atoms with Crippen molar-refractivity contribution in [1.82, 2.24) is 0 Å². The molecule has 1 unspecified atom stereocenters. The fraction of sp³-hybridized carbons (Fsp3) is 0.429. The third-order valence-electron chi connectivity index (χ3n) is 2.93. The number of methoxy groups -OCH3 is 2. The summed E-state index contributed by atoms with van der Waals surface area (Å²) in [7, 11) is -2.06. The molecule has 0 fully saturated rings. The summed E-state index contributed by atoms with van der Waals surface area (Å²) in [5.74, 6) is -1.79. The molecule has 0 aromatic heterocycles. The van der Waals surface area contributed by atoms with Gasteiger partial charge in [-0.05, 0) is 26.0 Å². The molecule has 7 nitrogen and oxygen atoms in total. The third kappa shape index (κ3) is 4.28. The van der Waals surface area contributed by atoms with Gasteiger partial charge in [-0.3, -0.25) is 4.79 Å². The van der Waals surface area contributed by atoms with Gasteiger partial charge in [0.15, 0.2) is 5.60 Å². The largest absolute Gasteiger partial charge is 0.469 e. The van der Waals surface area contributed by atoms with E-state index in [9.17, 15) is 18.0 Å². The number of carbonyl (C=O) groups excluding carboxylic acids is 2. The summed E-state index contributed by atoms with van der Waals surface area (Å²) in [5, 5.41) is 0. The molecule has 1 atom stereocenters. The smallest absolute Gasteiger partial charge is 0.340 e. The number of esters is 2. The topological polar surface area (TPSA) is 96.0 Å². The van der Waals surface area contributed by atoms with Gasteiger partial charge in [-0.25, -0.2) is 8.98 Å². The lowest BCUT2D eigenvalue weighted by Crippen LogP contribution is -2.43. The zero-order valence-electron chi connectivity index (χ0n) is 12.8. The van der Waals surface area contributed by atoms with Gasteiger partial charge in [-0.1, -0.05) is 17.7 Å². The van der Waals surface area contributed by atoms with E-state index in [1.54, 1.807) is 19.1 Å². The van der Waals surface area contributed by atoms with Crippen LogP contribution in [0.4, 0.5) is 0 Å². The van der Waals surface area contributed by atoms with E-state index in [0.717, 1.165) is 26.7 Å². The molecule has 0 saturated carbocycles. The van der Waals surface area contributed by atoms with Crippen LogP contribution < -0.4 is 0 Å². The van der Waals surface area contributed by atoms with Gasteiger partial charge in [0.1, 0.15) is 0 Å². The summed E-state index contributed by atoms with van der Waals surface area (Å²) >= 11 is 0. The molecule has 122 valence electrons. The summed E-state index contributed by atoms with van der Waals surface area (Å²) in [6.07, 6.45) is -0.596. The molecule has 1 rings (SSSR count). The molecule has 0 radical (unpaired) electrons. The summed E-state index contributed by atoms with van der Waals surface area (Å²) in [5.41, 5.74) is -1.14. The Morgan fingerprint density at radius 2 is 1.64 bits per heavy atom. The number of ether oxygens (including phenoxy) is 2. The lowest BCUT2D eigenvalue weighted by molar-refractivity contribution is -0.164. The maximum Gasteiger partial charge on any atom is 0.340 e. The van der Waals surface area contributed by atoms with Crippen LogP contribution in [0.15, 0.2) is 29.2 Å². The minimum atomic E-state index is -4.25. The standard InChI is InChI=1S/C14H18O7S/c1-10-5-7-11(8-6-10)22(17,18)21-14(2,13(16)20-4)9-12(15)19-3/h5-8H,9H2,1-4H3. The number of hydrogen-bond donors (Lipinski definition) is 0. The van der Waals surface area contributed by atoms with E-state index in [4.69, 9.17) is 4.18 Å². The molecule has 22 heavy (non-hydrogen) atoms. The molecule has 0 aliphatic carbocycles. The van der Waals surface area contributed by atoms with Crippen molar-refractivity contribution < 1.29 is 31.7 Å². The molecule has 0 bridgehead atoms. The average Bonchev–Trinajstić information content (AvgIpc) is 2.45. The number of aryl methyl sites for hydroxylation is 1. The van der Waals surface area contributed by atoms with Crippen molar-refractivity contribution in [2.75, 3.05) is 14.2 Å². The van der Waals surface area contributed by atoms with Gasteiger partial charge < -0.3 is 9.47 Å². The Hall–Kier alpha value is -1.93. The van der Waals surface area contributed by atoms with Crippen molar-refractivity contribution >= 4 is 22.1 Å². The fourth-order valence-corrected chi connectivity index (χ4v) is 2.87. The molecule has 0 aliphatic heterocycles. The van der Waals surface area contributed by atoms with Gasteiger partial charge in [-0.15, -0.1) is 0 Å². The predicted octanol–water partition coefficient (Wildman–Crippen LogP) is 1.20. The average molecular weight is 330 g/mol. The molecule has 0 saturated heterocycles. The van der Waals surface area contributed by atoms with Gasteiger partial charge >= 0.3 is 11.9 Å². The normalized spacial score (nSPS) is 14.0. The second kappa shape index (κ2) is 6.89. The van der Waals surface area contributed by atoms with Crippen LogP contribution in [0.2, 0.25) is 0 Å². The van der Waals surface area contributed by atoms with E-state index < -0.39 is 34.1 Å². The number of rotatable bonds is 6. The Balaban J connectivity index is 3.14. The van der Waals surface area contributed by atoms with Gasteiger partial charge in [-0.2, -0.15) is 8.42 Å². The lowest BCUT2D eigenvalue weighted by atomic mass is 10.0. The SMILES string of the molecule is COC(=O)CC(C)(OS(=O)(=O)c1ccc(C)cc1)C(=O)OC. The van der Waals surface area contributed by atoms with E-state index in [-0.39, 0.29) is 4.90 Å². The fourth-order valence-electron chi connectivity index (χ4n) is 1.69. The highest BCUT2D eigenvalue weighted by atomic mass is 32.2. The molecule has 0 amide bonds. The minimum Gasteiger partial charge on any atom is -0.469 e. The van der Waals surface area contributed by atoms with Crippen LogP contribution in [-0.4, -0.2) is 40.2 Å². The first-order valence-electron chi connectivity index (χ1n) is 6.32. The first-order chi connectivity index (χ1) is 10.1. The zero-order valence-corrected chi connectivity index (χ0v) is 13.6. The summed E-state index contributed by atoms with van der Waals surface area (Å²) in [6.45, 7) is 2.95. The van der Waals surface area contributed by atoms with Crippen LogP contribution in [0.3, 0.4) is 0 Å². The van der Waals surface area contributed by atoms with Gasteiger partial charge in [0.25, 0.3) is 10.1 Å². The first-order valence-corrected chi connectivity index (χ1v) is 7.73. The van der Waals surface area contributed by atoms with Crippen molar-refractivity contribution in [3.8, 4) is 0 Å². The Kier molecular flexibility index (Phi) is 5.67. The van der Waals surface area contributed by atoms with Gasteiger partial charge in [0, 0.05) is 0 Å². The van der Waals surface area contributed by atoms with E-state index in [0.29, 0.717) is 0 Å². The zero-order chi connectivity index (χ0) is 17.0. The molecular formula is C14H18O7S. The van der Waals surface area contributed by atoms with Crippen molar-refractivity contribution in [3.63, 3.8) is 0 Å². The monoisotopic (exact) mass is 330 g/mol. The van der Waals surface area contributed by atoms with Crippen molar-refractivity contribution in [3.05, 3.63) is 29.8 Å². The Bertz CT molecular complexity index is 648. The van der Waals surface area contributed by atoms with E-state index in [1.807, 2.05) is 0 Å². The van der Waals surface area contributed by atoms with Crippen LogP contribution in [0.25, 0.3) is 0 Å². The summed E-state index contributed by atoms with van der Waals surface area (Å²) in [6, 6.07) is 5.87. The molecule has 1 aromatic rings. The second-order valence-corrected chi connectivity index (χ2v) is 6.37. The van der Waals surface area contributed by atoms with Crippen LogP contribution >= 0.6 is 0 Å². The molecular weight excluding hydrogens is 312 g/mol. The highest BCUT2D eigenvalue weighted by Crippen LogP contribution is 2.25. The van der Waals surface area contributed by atoms with Crippen molar-refractivity contribution in [2.45, 2.75) is 30.8 Å². The predicted molar refractivity (Wildman–Crippen MR) is 76.5 cm³/mol. The maximum absolute atomic E-state index is 12.3. The maximum atomic E-state index is 12.3. The first kappa shape index (κ1) is 18.1. The van der Waals surface area contributed by atoms with Crippen LogP contribution in [0.5, 0.6) is 0 Å². The molecule has 0 spiro atoms. The molecule has 0 N–H and O–H groups in total. The van der Waals surface area contributed by atoms with E-state index in [2.05, 4.69) is 9.47 Å².